The second-order valence-electron chi connectivity index (χ2n) is 8.93. The summed E-state index contributed by atoms with van der Waals surface area (Å²) in [6.07, 6.45) is -4.08. The van der Waals surface area contributed by atoms with Crippen LogP contribution >= 0.6 is 11.6 Å². The van der Waals surface area contributed by atoms with Crippen LogP contribution in [0, 0.1) is 5.82 Å². The van der Waals surface area contributed by atoms with E-state index in [-0.39, 0.29) is 45.6 Å². The summed E-state index contributed by atoms with van der Waals surface area (Å²) >= 11 is 6.30. The van der Waals surface area contributed by atoms with E-state index in [2.05, 4.69) is 5.32 Å². The number of halogens is 5. The standard InChI is InChI=1S/C25H21ClF4N2O5S2/c1-38(34,35)17-4-6-18(7-5-17)39(36,37)32-11-10-19-16(14-32)3-9-21(26)24(19)31-23(33)13-15-2-8-20(22(27)12-15)25(28,29)30/h2-9,12H,10-11,13-14H2,1H3,(H,31,33). The zero-order valence-corrected chi connectivity index (χ0v) is 22.6. The first-order chi connectivity index (χ1) is 18.1. The zero-order valence-electron chi connectivity index (χ0n) is 20.2. The van der Waals surface area contributed by atoms with Crippen molar-refractivity contribution in [2.45, 2.75) is 35.4 Å². The molecular formula is C25H21ClF4N2O5S2. The van der Waals surface area contributed by atoms with E-state index >= 15 is 0 Å². The molecule has 7 nitrogen and oxygen atoms in total. The molecule has 1 heterocycles. The van der Waals surface area contributed by atoms with E-state index in [0.29, 0.717) is 23.3 Å². The fourth-order valence-corrected chi connectivity index (χ4v) is 6.49. The normalized spacial score (nSPS) is 14.6. The molecule has 0 aromatic heterocycles. The van der Waals surface area contributed by atoms with Gasteiger partial charge in [0.15, 0.2) is 9.84 Å². The number of amides is 1. The van der Waals surface area contributed by atoms with E-state index in [1.807, 2.05) is 0 Å². The third-order valence-electron chi connectivity index (χ3n) is 6.17. The highest BCUT2D eigenvalue weighted by Gasteiger charge is 2.34. The molecule has 0 unspecified atom stereocenters. The average molecular weight is 605 g/mol. The van der Waals surface area contributed by atoms with Gasteiger partial charge >= 0.3 is 6.18 Å². The SMILES string of the molecule is CS(=O)(=O)c1ccc(S(=O)(=O)N2CCc3c(ccc(Cl)c3NC(=O)Cc3ccc(C(F)(F)F)c(F)c3)C2)cc1. The van der Waals surface area contributed by atoms with Gasteiger partial charge < -0.3 is 5.32 Å². The van der Waals surface area contributed by atoms with Gasteiger partial charge in [-0.05, 0) is 65.6 Å². The zero-order chi connectivity index (χ0) is 28.8. The van der Waals surface area contributed by atoms with E-state index in [1.54, 1.807) is 6.07 Å². The average Bonchev–Trinajstić information content (AvgIpc) is 2.84. The smallest absolute Gasteiger partial charge is 0.324 e. The predicted octanol–water partition coefficient (Wildman–Crippen LogP) is 4.83. The molecular weight excluding hydrogens is 584 g/mol. The van der Waals surface area contributed by atoms with Crippen LogP contribution in [0.3, 0.4) is 0 Å². The van der Waals surface area contributed by atoms with Crippen molar-refractivity contribution in [1.29, 1.82) is 0 Å². The summed E-state index contributed by atoms with van der Waals surface area (Å²) in [5, 5.41) is 2.79. The number of rotatable bonds is 6. The third-order valence-corrected chi connectivity index (χ3v) is 9.48. The fourth-order valence-electron chi connectivity index (χ4n) is 4.22. The van der Waals surface area contributed by atoms with Gasteiger partial charge in [-0.2, -0.15) is 17.5 Å². The van der Waals surface area contributed by atoms with Crippen molar-refractivity contribution in [3.63, 3.8) is 0 Å². The summed E-state index contributed by atoms with van der Waals surface area (Å²) in [6, 6.07) is 10.2. The van der Waals surface area contributed by atoms with Gasteiger partial charge in [-0.15, -0.1) is 0 Å². The molecule has 0 fully saturated rings. The second kappa shape index (κ2) is 10.5. The molecule has 208 valence electrons. The van der Waals surface area contributed by atoms with Gasteiger partial charge in [0.25, 0.3) is 0 Å². The molecule has 14 heteroatoms. The molecule has 1 N–H and O–H groups in total. The Morgan fingerprint density at radius 3 is 2.23 bits per heavy atom. The quantitative estimate of drug-likeness (QED) is 0.406. The number of nitrogens with zero attached hydrogens (tertiary/aromatic N) is 1. The van der Waals surface area contributed by atoms with E-state index in [0.717, 1.165) is 12.3 Å². The number of carbonyl (C=O) groups is 1. The van der Waals surface area contributed by atoms with Crippen LogP contribution in [0.25, 0.3) is 0 Å². The Morgan fingerprint density at radius 2 is 1.64 bits per heavy atom. The maximum atomic E-state index is 13.9. The van der Waals surface area contributed by atoms with Crippen molar-refractivity contribution in [3.8, 4) is 0 Å². The van der Waals surface area contributed by atoms with Crippen molar-refractivity contribution >= 4 is 43.1 Å². The van der Waals surface area contributed by atoms with Crippen LogP contribution < -0.4 is 5.32 Å². The van der Waals surface area contributed by atoms with Crippen molar-refractivity contribution in [3.05, 3.63) is 87.7 Å². The molecule has 0 radical (unpaired) electrons. The van der Waals surface area contributed by atoms with Gasteiger partial charge in [-0.1, -0.05) is 23.7 Å². The molecule has 1 aliphatic heterocycles. The highest BCUT2D eigenvalue weighted by molar-refractivity contribution is 7.90. The Bertz CT molecular complexity index is 1660. The van der Waals surface area contributed by atoms with Crippen LogP contribution in [-0.2, 0) is 50.2 Å². The molecule has 4 rings (SSSR count). The first-order valence-electron chi connectivity index (χ1n) is 11.3. The number of sulfonamides is 1. The summed E-state index contributed by atoms with van der Waals surface area (Å²) in [6.45, 7) is -0.00780. The minimum Gasteiger partial charge on any atom is -0.324 e. The van der Waals surface area contributed by atoms with Crippen LogP contribution in [0.4, 0.5) is 23.2 Å². The molecule has 0 saturated heterocycles. The highest BCUT2D eigenvalue weighted by atomic mass is 35.5. The minimum absolute atomic E-state index is 0.0144. The van der Waals surface area contributed by atoms with Crippen LogP contribution in [0.1, 0.15) is 22.3 Å². The van der Waals surface area contributed by atoms with E-state index in [4.69, 9.17) is 11.6 Å². The Hall–Kier alpha value is -3.00. The Labute approximate surface area is 227 Å². The number of sulfone groups is 1. The lowest BCUT2D eigenvalue weighted by atomic mass is 9.98. The number of nitrogens with one attached hydrogen (secondary N) is 1. The lowest BCUT2D eigenvalue weighted by Crippen LogP contribution is -2.36. The number of alkyl halides is 3. The molecule has 1 aliphatic rings. The molecule has 3 aromatic carbocycles. The Kier molecular flexibility index (Phi) is 7.83. The van der Waals surface area contributed by atoms with E-state index in [1.165, 1.54) is 34.6 Å². The largest absolute Gasteiger partial charge is 0.419 e. The van der Waals surface area contributed by atoms with Crippen molar-refractivity contribution in [2.24, 2.45) is 0 Å². The summed E-state index contributed by atoms with van der Waals surface area (Å²) in [5.41, 5.74) is -0.0111. The van der Waals surface area contributed by atoms with Gasteiger partial charge in [-0.3, -0.25) is 4.79 Å². The molecule has 0 atom stereocenters. The topological polar surface area (TPSA) is 101 Å². The molecule has 1 amide bonds. The van der Waals surface area contributed by atoms with Crippen LogP contribution in [-0.4, -0.2) is 39.8 Å². The monoisotopic (exact) mass is 604 g/mol. The van der Waals surface area contributed by atoms with Gasteiger partial charge in [-0.25, -0.2) is 21.2 Å². The molecule has 0 aliphatic carbocycles. The van der Waals surface area contributed by atoms with E-state index < -0.39 is 49.7 Å². The predicted molar refractivity (Wildman–Crippen MR) is 136 cm³/mol. The van der Waals surface area contributed by atoms with Crippen LogP contribution in [0.5, 0.6) is 0 Å². The first kappa shape index (κ1) is 29.0. The number of hydrogen-bond acceptors (Lipinski definition) is 5. The van der Waals surface area contributed by atoms with Crippen LogP contribution in [0.2, 0.25) is 5.02 Å². The second-order valence-corrected chi connectivity index (χ2v) is 13.3. The molecule has 39 heavy (non-hydrogen) atoms. The third kappa shape index (κ3) is 6.26. The molecule has 0 spiro atoms. The number of carbonyl (C=O) groups excluding carboxylic acids is 1. The van der Waals surface area contributed by atoms with Gasteiger partial charge in [0.1, 0.15) is 5.82 Å². The maximum Gasteiger partial charge on any atom is 0.419 e. The summed E-state index contributed by atoms with van der Waals surface area (Å²) in [5.74, 6) is -2.14. The molecule has 3 aromatic rings. The number of anilines is 1. The molecule has 0 saturated carbocycles. The first-order valence-corrected chi connectivity index (χ1v) is 15.0. The summed E-state index contributed by atoms with van der Waals surface area (Å²) in [7, 11) is -7.47. The van der Waals surface area contributed by atoms with Crippen molar-refractivity contribution in [2.75, 3.05) is 18.1 Å². The van der Waals surface area contributed by atoms with E-state index in [9.17, 15) is 39.2 Å². The highest BCUT2D eigenvalue weighted by Crippen LogP contribution is 2.35. The fraction of sp³-hybridized carbons (Fsp3) is 0.240. The number of hydrogen-bond donors (Lipinski definition) is 1. The lowest BCUT2D eigenvalue weighted by molar-refractivity contribution is -0.140. The Morgan fingerprint density at radius 1 is 1.00 bits per heavy atom. The van der Waals surface area contributed by atoms with Crippen molar-refractivity contribution < 1.29 is 39.2 Å². The minimum atomic E-state index is -4.86. The van der Waals surface area contributed by atoms with Crippen LogP contribution in [0.15, 0.2) is 64.4 Å². The number of benzene rings is 3. The summed E-state index contributed by atoms with van der Waals surface area (Å²) in [4.78, 5) is 12.6. The van der Waals surface area contributed by atoms with Gasteiger partial charge in [0.2, 0.25) is 15.9 Å². The summed E-state index contributed by atoms with van der Waals surface area (Å²) < 4.78 is 103. The number of fused-ring (bicyclic) bond motifs is 1. The van der Waals surface area contributed by atoms with Gasteiger partial charge in [0, 0.05) is 19.3 Å². The van der Waals surface area contributed by atoms with Gasteiger partial charge in [0.05, 0.1) is 32.5 Å². The Balaban J connectivity index is 1.52. The van der Waals surface area contributed by atoms with Crippen molar-refractivity contribution in [1.82, 2.24) is 4.31 Å². The maximum absolute atomic E-state index is 13.9. The molecule has 0 bridgehead atoms. The lowest BCUT2D eigenvalue weighted by Gasteiger charge is -2.30.